The number of benzene rings is 1. The number of nitrogens with one attached hydrogen (secondary N) is 2. The molecule has 20 heavy (non-hydrogen) atoms. The maximum atomic E-state index is 13.0. The Hall–Kier alpha value is -2.14. The summed E-state index contributed by atoms with van der Waals surface area (Å²) >= 11 is 5.63. The lowest BCUT2D eigenvalue weighted by Crippen LogP contribution is -2.30. The number of rotatable bonds is 4. The van der Waals surface area contributed by atoms with E-state index in [1.807, 2.05) is 12.1 Å². The van der Waals surface area contributed by atoms with Gasteiger partial charge in [0.1, 0.15) is 5.82 Å². The Morgan fingerprint density at radius 1 is 1.35 bits per heavy atom. The fourth-order valence-corrected chi connectivity index (χ4v) is 1.80. The second-order valence-electron chi connectivity index (χ2n) is 4.12. The third kappa shape index (κ3) is 4.20. The minimum atomic E-state index is -0.519. The van der Waals surface area contributed by atoms with Gasteiger partial charge >= 0.3 is 6.03 Å². The van der Waals surface area contributed by atoms with Gasteiger partial charge in [0.25, 0.3) is 0 Å². The fraction of sp³-hybridized carbons (Fsp3) is 0.143. The summed E-state index contributed by atoms with van der Waals surface area (Å²) < 4.78 is 13.0. The number of urea groups is 1. The predicted molar refractivity (Wildman–Crippen MR) is 76.4 cm³/mol. The van der Waals surface area contributed by atoms with Crippen molar-refractivity contribution < 1.29 is 9.18 Å². The molecule has 104 valence electrons. The standard InChI is InChI=1S/C14H13ClFN3O/c15-12-8-11(3-4-13(12)16)19-14(20)18-7-5-10-2-1-6-17-9-10/h1-4,6,8-9H,5,7H2,(H2,18,19,20). The largest absolute Gasteiger partial charge is 0.338 e. The van der Waals surface area contributed by atoms with Gasteiger partial charge in [-0.1, -0.05) is 17.7 Å². The highest BCUT2D eigenvalue weighted by molar-refractivity contribution is 6.31. The van der Waals surface area contributed by atoms with Crippen molar-refractivity contribution in [2.24, 2.45) is 0 Å². The highest BCUT2D eigenvalue weighted by atomic mass is 35.5. The van der Waals surface area contributed by atoms with Gasteiger partial charge in [0.2, 0.25) is 0 Å². The predicted octanol–water partition coefficient (Wildman–Crippen LogP) is 3.24. The van der Waals surface area contributed by atoms with Crippen LogP contribution in [0, 0.1) is 5.82 Å². The molecule has 2 aromatic rings. The lowest BCUT2D eigenvalue weighted by atomic mass is 10.2. The van der Waals surface area contributed by atoms with Crippen molar-refractivity contribution in [1.82, 2.24) is 10.3 Å². The molecule has 4 nitrogen and oxygen atoms in total. The Bertz CT molecular complexity index is 592. The molecule has 0 radical (unpaired) electrons. The van der Waals surface area contributed by atoms with E-state index in [0.717, 1.165) is 5.56 Å². The minimum Gasteiger partial charge on any atom is -0.338 e. The van der Waals surface area contributed by atoms with Crippen LogP contribution in [0.2, 0.25) is 5.02 Å². The maximum absolute atomic E-state index is 13.0. The molecule has 1 aromatic carbocycles. The van der Waals surface area contributed by atoms with Crippen molar-refractivity contribution in [3.8, 4) is 0 Å². The normalized spacial score (nSPS) is 10.1. The van der Waals surface area contributed by atoms with Gasteiger partial charge in [-0.05, 0) is 36.2 Å². The number of carbonyl (C=O) groups is 1. The van der Waals surface area contributed by atoms with Crippen molar-refractivity contribution in [2.45, 2.75) is 6.42 Å². The minimum absolute atomic E-state index is 0.0295. The van der Waals surface area contributed by atoms with E-state index in [9.17, 15) is 9.18 Å². The Kier molecular flexibility index (Phi) is 4.90. The van der Waals surface area contributed by atoms with Crippen LogP contribution in [0.15, 0.2) is 42.7 Å². The first-order chi connectivity index (χ1) is 9.65. The monoisotopic (exact) mass is 293 g/mol. The van der Waals surface area contributed by atoms with Gasteiger partial charge in [0.05, 0.1) is 5.02 Å². The van der Waals surface area contributed by atoms with E-state index in [1.165, 1.54) is 18.2 Å². The molecule has 0 aliphatic heterocycles. The van der Waals surface area contributed by atoms with Crippen LogP contribution < -0.4 is 10.6 Å². The number of hydrogen-bond donors (Lipinski definition) is 2. The van der Waals surface area contributed by atoms with Crippen LogP contribution in [0.1, 0.15) is 5.56 Å². The summed E-state index contributed by atoms with van der Waals surface area (Å²) in [6.07, 6.45) is 4.13. The van der Waals surface area contributed by atoms with Crippen LogP contribution in [-0.4, -0.2) is 17.6 Å². The number of pyridine rings is 1. The van der Waals surface area contributed by atoms with Gasteiger partial charge in [-0.15, -0.1) is 0 Å². The Labute approximate surface area is 121 Å². The molecule has 2 N–H and O–H groups in total. The quantitative estimate of drug-likeness (QED) is 0.909. The highest BCUT2D eigenvalue weighted by Gasteiger charge is 2.04. The summed E-state index contributed by atoms with van der Waals surface area (Å²) in [4.78, 5) is 15.6. The molecular weight excluding hydrogens is 281 g/mol. The molecular formula is C14H13ClFN3O. The Morgan fingerprint density at radius 2 is 2.20 bits per heavy atom. The molecule has 0 aliphatic rings. The third-order valence-corrected chi connectivity index (χ3v) is 2.89. The van der Waals surface area contributed by atoms with Crippen molar-refractivity contribution in [2.75, 3.05) is 11.9 Å². The van der Waals surface area contributed by atoms with E-state index in [1.54, 1.807) is 12.4 Å². The van der Waals surface area contributed by atoms with Crippen LogP contribution in [0.25, 0.3) is 0 Å². The van der Waals surface area contributed by atoms with Crippen molar-refractivity contribution in [3.63, 3.8) is 0 Å². The van der Waals surface area contributed by atoms with Gasteiger partial charge in [-0.2, -0.15) is 0 Å². The van der Waals surface area contributed by atoms with Crippen LogP contribution in [0.3, 0.4) is 0 Å². The van der Waals surface area contributed by atoms with Crippen molar-refractivity contribution in [1.29, 1.82) is 0 Å². The molecule has 0 saturated carbocycles. The average molecular weight is 294 g/mol. The van der Waals surface area contributed by atoms with Crippen LogP contribution in [0.4, 0.5) is 14.9 Å². The van der Waals surface area contributed by atoms with Crippen molar-refractivity contribution >= 4 is 23.3 Å². The van der Waals surface area contributed by atoms with E-state index in [0.29, 0.717) is 18.7 Å². The summed E-state index contributed by atoms with van der Waals surface area (Å²) in [6.45, 7) is 0.479. The second-order valence-corrected chi connectivity index (χ2v) is 4.53. The van der Waals surface area contributed by atoms with Gasteiger partial charge in [0.15, 0.2) is 0 Å². The zero-order valence-corrected chi connectivity index (χ0v) is 11.3. The van der Waals surface area contributed by atoms with E-state index < -0.39 is 5.82 Å². The zero-order valence-electron chi connectivity index (χ0n) is 10.6. The number of carbonyl (C=O) groups excluding carboxylic acids is 1. The maximum Gasteiger partial charge on any atom is 0.319 e. The first kappa shape index (κ1) is 14.3. The molecule has 0 fully saturated rings. The number of aromatic nitrogens is 1. The number of hydrogen-bond acceptors (Lipinski definition) is 2. The zero-order chi connectivity index (χ0) is 14.4. The molecule has 2 rings (SSSR count). The first-order valence-electron chi connectivity index (χ1n) is 6.04. The molecule has 2 amide bonds. The average Bonchev–Trinajstić information content (AvgIpc) is 2.44. The number of halogens is 2. The van der Waals surface area contributed by atoms with Gasteiger partial charge in [-0.25, -0.2) is 9.18 Å². The SMILES string of the molecule is O=C(NCCc1cccnc1)Nc1ccc(F)c(Cl)c1. The molecule has 0 unspecified atom stereocenters. The van der Waals surface area contributed by atoms with Gasteiger partial charge in [0, 0.05) is 24.6 Å². The number of nitrogens with zero attached hydrogens (tertiary/aromatic N) is 1. The Balaban J connectivity index is 1.79. The van der Waals surface area contributed by atoms with Gasteiger partial charge in [-0.3, -0.25) is 4.98 Å². The fourth-order valence-electron chi connectivity index (χ4n) is 1.62. The van der Waals surface area contributed by atoms with Crippen LogP contribution in [-0.2, 0) is 6.42 Å². The third-order valence-electron chi connectivity index (χ3n) is 2.60. The molecule has 0 bridgehead atoms. The van der Waals surface area contributed by atoms with Crippen LogP contribution >= 0.6 is 11.6 Å². The highest BCUT2D eigenvalue weighted by Crippen LogP contribution is 2.19. The van der Waals surface area contributed by atoms with E-state index >= 15 is 0 Å². The molecule has 1 aromatic heterocycles. The lowest BCUT2D eigenvalue weighted by Gasteiger charge is -2.08. The topological polar surface area (TPSA) is 54.0 Å². The number of anilines is 1. The molecule has 0 saturated heterocycles. The summed E-state index contributed by atoms with van der Waals surface area (Å²) in [5.41, 5.74) is 1.48. The summed E-state index contributed by atoms with van der Waals surface area (Å²) in [6, 6.07) is 7.42. The summed E-state index contributed by atoms with van der Waals surface area (Å²) in [5.74, 6) is -0.519. The van der Waals surface area contributed by atoms with Crippen LogP contribution in [0.5, 0.6) is 0 Å². The number of amides is 2. The Morgan fingerprint density at radius 3 is 2.90 bits per heavy atom. The summed E-state index contributed by atoms with van der Waals surface area (Å²) in [5, 5.41) is 5.25. The molecule has 0 aliphatic carbocycles. The van der Waals surface area contributed by atoms with Crippen molar-refractivity contribution in [3.05, 3.63) is 59.1 Å². The van der Waals surface area contributed by atoms with Gasteiger partial charge < -0.3 is 10.6 Å². The summed E-state index contributed by atoms with van der Waals surface area (Å²) in [7, 11) is 0. The molecule has 0 spiro atoms. The molecule has 6 heteroatoms. The van der Waals surface area contributed by atoms with E-state index in [2.05, 4.69) is 15.6 Å². The second kappa shape index (κ2) is 6.86. The smallest absolute Gasteiger partial charge is 0.319 e. The van der Waals surface area contributed by atoms with E-state index in [4.69, 9.17) is 11.6 Å². The first-order valence-corrected chi connectivity index (χ1v) is 6.42. The lowest BCUT2D eigenvalue weighted by molar-refractivity contribution is 0.252. The molecule has 0 atom stereocenters. The van der Waals surface area contributed by atoms with E-state index in [-0.39, 0.29) is 11.1 Å². The molecule has 1 heterocycles.